The fourth-order valence-corrected chi connectivity index (χ4v) is 2.09. The lowest BCUT2D eigenvalue weighted by molar-refractivity contribution is -0.137. The van der Waals surface area contributed by atoms with Crippen LogP contribution in [0.1, 0.15) is 11.1 Å². The Morgan fingerprint density at radius 3 is 2.52 bits per heavy atom. The molecule has 0 fully saturated rings. The molecule has 0 saturated heterocycles. The number of carbonyl (C=O) groups excluding carboxylic acids is 1. The van der Waals surface area contributed by atoms with Crippen LogP contribution in [0.15, 0.2) is 54.6 Å². The quantitative estimate of drug-likeness (QED) is 0.580. The van der Waals surface area contributed by atoms with E-state index in [1.807, 2.05) is 30.3 Å². The predicted molar refractivity (Wildman–Crippen MR) is 89.7 cm³/mol. The van der Waals surface area contributed by atoms with Crippen molar-refractivity contribution in [3.8, 4) is 11.5 Å². The van der Waals surface area contributed by atoms with Gasteiger partial charge >= 0.3 is 5.97 Å². The lowest BCUT2D eigenvalue weighted by Crippen LogP contribution is -2.04. The maximum Gasteiger partial charge on any atom is 0.330 e. The van der Waals surface area contributed by atoms with Crippen LogP contribution in [0.5, 0.6) is 11.5 Å². The molecule has 120 valence electrons. The highest BCUT2D eigenvalue weighted by Crippen LogP contribution is 2.25. The summed E-state index contributed by atoms with van der Waals surface area (Å²) in [4.78, 5) is 11.8. The number of benzene rings is 2. The van der Waals surface area contributed by atoms with Gasteiger partial charge in [0.15, 0.2) is 0 Å². The van der Waals surface area contributed by atoms with E-state index in [0.29, 0.717) is 24.5 Å². The smallest absolute Gasteiger partial charge is 0.330 e. The van der Waals surface area contributed by atoms with Crippen LogP contribution in [0.3, 0.4) is 0 Å². The van der Waals surface area contributed by atoms with Gasteiger partial charge in [-0.15, -0.1) is 0 Å². The molecule has 2 rings (SSSR count). The summed E-state index contributed by atoms with van der Waals surface area (Å²) in [5.41, 5.74) is 1.89. The fraction of sp³-hybridized carbons (Fsp3) is 0.211. The number of methoxy groups -OCH3 is 2. The molecule has 0 aliphatic carbocycles. The Hall–Kier alpha value is -2.75. The lowest BCUT2D eigenvalue weighted by atomic mass is 10.1. The van der Waals surface area contributed by atoms with Gasteiger partial charge in [-0.05, 0) is 29.8 Å². The van der Waals surface area contributed by atoms with E-state index in [1.54, 1.807) is 38.5 Å². The number of esters is 1. The lowest BCUT2D eigenvalue weighted by Gasteiger charge is -2.07. The highest BCUT2D eigenvalue weighted by molar-refractivity contribution is 5.87. The predicted octanol–water partition coefficient (Wildman–Crippen LogP) is 3.50. The maximum absolute atomic E-state index is 11.8. The highest BCUT2D eigenvalue weighted by Gasteiger charge is 2.03. The third-order valence-corrected chi connectivity index (χ3v) is 3.31. The summed E-state index contributed by atoms with van der Waals surface area (Å²) in [6.07, 6.45) is 3.75. The zero-order valence-corrected chi connectivity index (χ0v) is 13.3. The van der Waals surface area contributed by atoms with Crippen LogP contribution in [0.25, 0.3) is 6.08 Å². The molecule has 0 saturated carbocycles. The summed E-state index contributed by atoms with van der Waals surface area (Å²) in [5.74, 6) is 0.979. The van der Waals surface area contributed by atoms with Crippen molar-refractivity contribution in [1.29, 1.82) is 0 Å². The van der Waals surface area contributed by atoms with E-state index in [1.165, 1.54) is 6.08 Å². The normalized spacial score (nSPS) is 10.5. The molecule has 0 spiro atoms. The average molecular weight is 312 g/mol. The first-order valence-electron chi connectivity index (χ1n) is 7.33. The molecule has 0 aromatic heterocycles. The van der Waals surface area contributed by atoms with Gasteiger partial charge in [0.2, 0.25) is 0 Å². The molecular weight excluding hydrogens is 292 g/mol. The summed E-state index contributed by atoms with van der Waals surface area (Å²) in [7, 11) is 3.17. The molecule has 0 N–H and O–H groups in total. The van der Waals surface area contributed by atoms with Crippen LogP contribution in [-0.4, -0.2) is 26.8 Å². The van der Waals surface area contributed by atoms with Gasteiger partial charge in [0, 0.05) is 18.1 Å². The van der Waals surface area contributed by atoms with Crippen LogP contribution >= 0.6 is 0 Å². The summed E-state index contributed by atoms with van der Waals surface area (Å²) in [5, 5.41) is 0. The third-order valence-electron chi connectivity index (χ3n) is 3.31. The number of ether oxygens (including phenoxy) is 3. The molecule has 0 bridgehead atoms. The molecule has 2 aromatic carbocycles. The number of hydrogen-bond acceptors (Lipinski definition) is 4. The molecule has 0 heterocycles. The fourth-order valence-electron chi connectivity index (χ4n) is 2.09. The van der Waals surface area contributed by atoms with Crippen LogP contribution in [0, 0.1) is 0 Å². The molecule has 4 nitrogen and oxygen atoms in total. The van der Waals surface area contributed by atoms with Crippen LogP contribution in [0.4, 0.5) is 0 Å². The molecular formula is C19H20O4. The zero-order valence-electron chi connectivity index (χ0n) is 13.3. The van der Waals surface area contributed by atoms with Gasteiger partial charge in [-0.2, -0.15) is 0 Å². The molecule has 2 aromatic rings. The Morgan fingerprint density at radius 2 is 1.83 bits per heavy atom. The first-order valence-corrected chi connectivity index (χ1v) is 7.33. The van der Waals surface area contributed by atoms with E-state index in [9.17, 15) is 4.79 Å². The molecule has 4 heteroatoms. The minimum absolute atomic E-state index is 0.350. The maximum atomic E-state index is 11.8. The Morgan fingerprint density at radius 1 is 1.04 bits per heavy atom. The SMILES string of the molecule is COc1ccc(OC)c(/C=C/C(=O)OCCc2ccccc2)c1. The Labute approximate surface area is 136 Å². The molecule has 0 aliphatic rings. The van der Waals surface area contributed by atoms with Crippen molar-refractivity contribution in [3.05, 3.63) is 65.7 Å². The van der Waals surface area contributed by atoms with Crippen molar-refractivity contribution in [1.82, 2.24) is 0 Å². The van der Waals surface area contributed by atoms with Gasteiger partial charge in [0.05, 0.1) is 20.8 Å². The van der Waals surface area contributed by atoms with E-state index in [-0.39, 0.29) is 5.97 Å². The number of hydrogen-bond donors (Lipinski definition) is 0. The summed E-state index contributed by atoms with van der Waals surface area (Å²) in [6, 6.07) is 15.3. The van der Waals surface area contributed by atoms with Crippen LogP contribution < -0.4 is 9.47 Å². The van der Waals surface area contributed by atoms with Gasteiger partial charge in [-0.1, -0.05) is 30.3 Å². The third kappa shape index (κ3) is 5.18. The second-order valence-corrected chi connectivity index (χ2v) is 4.84. The van der Waals surface area contributed by atoms with E-state index < -0.39 is 0 Å². The van der Waals surface area contributed by atoms with Crippen molar-refractivity contribution in [2.24, 2.45) is 0 Å². The van der Waals surface area contributed by atoms with Crippen molar-refractivity contribution in [2.45, 2.75) is 6.42 Å². The molecule has 23 heavy (non-hydrogen) atoms. The first kappa shape index (κ1) is 16.6. The minimum atomic E-state index is -0.384. The van der Waals surface area contributed by atoms with E-state index in [2.05, 4.69) is 0 Å². The Bertz CT molecular complexity index is 662. The van der Waals surface area contributed by atoms with Gasteiger partial charge in [0.1, 0.15) is 11.5 Å². The molecule has 0 unspecified atom stereocenters. The van der Waals surface area contributed by atoms with E-state index in [0.717, 1.165) is 11.1 Å². The van der Waals surface area contributed by atoms with Gasteiger partial charge < -0.3 is 14.2 Å². The molecule has 0 aliphatic heterocycles. The van der Waals surface area contributed by atoms with Crippen LogP contribution in [0.2, 0.25) is 0 Å². The highest BCUT2D eigenvalue weighted by atomic mass is 16.5. The van der Waals surface area contributed by atoms with Crippen molar-refractivity contribution in [3.63, 3.8) is 0 Å². The average Bonchev–Trinajstić information content (AvgIpc) is 2.60. The summed E-state index contributed by atoms with van der Waals surface area (Å²) >= 11 is 0. The number of rotatable bonds is 7. The van der Waals surface area contributed by atoms with Crippen molar-refractivity contribution >= 4 is 12.0 Å². The second-order valence-electron chi connectivity index (χ2n) is 4.84. The van der Waals surface area contributed by atoms with Crippen LogP contribution in [-0.2, 0) is 16.0 Å². The minimum Gasteiger partial charge on any atom is -0.497 e. The van der Waals surface area contributed by atoms with Gasteiger partial charge in [0.25, 0.3) is 0 Å². The molecule has 0 atom stereocenters. The van der Waals surface area contributed by atoms with E-state index in [4.69, 9.17) is 14.2 Å². The molecule has 0 radical (unpaired) electrons. The topological polar surface area (TPSA) is 44.8 Å². The zero-order chi connectivity index (χ0) is 16.5. The summed E-state index contributed by atoms with van der Waals surface area (Å²) < 4.78 is 15.6. The van der Waals surface area contributed by atoms with Gasteiger partial charge in [-0.25, -0.2) is 4.79 Å². The van der Waals surface area contributed by atoms with E-state index >= 15 is 0 Å². The van der Waals surface area contributed by atoms with Gasteiger partial charge in [-0.3, -0.25) is 0 Å². The van der Waals surface area contributed by atoms with Crippen molar-refractivity contribution < 1.29 is 19.0 Å². The number of carbonyl (C=O) groups is 1. The Kier molecular flexibility index (Phi) is 6.24. The summed E-state index contributed by atoms with van der Waals surface area (Å²) in [6.45, 7) is 0.350. The Balaban J connectivity index is 1.90. The monoisotopic (exact) mass is 312 g/mol. The molecule has 0 amide bonds. The second kappa shape index (κ2) is 8.63. The first-order chi connectivity index (χ1) is 11.2. The van der Waals surface area contributed by atoms with Crippen molar-refractivity contribution in [2.75, 3.05) is 20.8 Å². The standard InChI is InChI=1S/C19H20O4/c1-21-17-9-10-18(22-2)16(14-17)8-11-19(20)23-13-12-15-6-4-3-5-7-15/h3-11,14H,12-13H2,1-2H3/b11-8+. The largest absolute Gasteiger partial charge is 0.497 e.